The average molecular weight is 249 g/mol. The molecule has 1 aliphatic heterocycles. The fraction of sp³-hybridized carbons (Fsp3) is 0.500. The highest BCUT2D eigenvalue weighted by molar-refractivity contribution is 5.66. The molecule has 4 heteroatoms. The van der Waals surface area contributed by atoms with Gasteiger partial charge < -0.3 is 9.84 Å². The van der Waals surface area contributed by atoms with Crippen LogP contribution in [0.3, 0.4) is 0 Å². The Balaban J connectivity index is 1.85. The van der Waals surface area contributed by atoms with Crippen molar-refractivity contribution >= 4 is 5.97 Å². The molecular weight excluding hydrogens is 230 g/mol. The number of hydrogen-bond donors (Lipinski definition) is 1. The molecule has 1 aromatic carbocycles. The molecule has 2 rings (SSSR count). The Bertz CT molecular complexity index is 394. The predicted octanol–water partition coefficient (Wildman–Crippen LogP) is 1.79. The van der Waals surface area contributed by atoms with Gasteiger partial charge in [-0.15, -0.1) is 0 Å². The molecule has 98 valence electrons. The van der Waals surface area contributed by atoms with E-state index in [0.717, 1.165) is 25.3 Å². The molecule has 0 fully saturated rings. The first-order valence-electron chi connectivity index (χ1n) is 6.37. The molecule has 1 aliphatic rings. The normalized spacial score (nSPS) is 17.6. The lowest BCUT2D eigenvalue weighted by molar-refractivity contribution is -0.137. The maximum Gasteiger partial charge on any atom is 0.304 e. The molecule has 1 N–H and O–H groups in total. The van der Waals surface area contributed by atoms with Crippen molar-refractivity contribution in [2.45, 2.75) is 25.9 Å². The number of carboxylic acids is 1. The number of hydrogen-bond acceptors (Lipinski definition) is 3. The summed E-state index contributed by atoms with van der Waals surface area (Å²) >= 11 is 0. The van der Waals surface area contributed by atoms with Gasteiger partial charge in [0.05, 0.1) is 6.42 Å². The SMILES string of the molecule is CCN(CCC(=O)O)CC1Cc2ccccc2O1. The first kappa shape index (κ1) is 12.9. The van der Waals surface area contributed by atoms with Crippen LogP contribution < -0.4 is 4.74 Å². The van der Waals surface area contributed by atoms with E-state index in [-0.39, 0.29) is 12.5 Å². The molecule has 1 atom stereocenters. The zero-order valence-corrected chi connectivity index (χ0v) is 10.6. The van der Waals surface area contributed by atoms with Gasteiger partial charge in [-0.1, -0.05) is 25.1 Å². The third-order valence-electron chi connectivity index (χ3n) is 3.26. The highest BCUT2D eigenvalue weighted by Gasteiger charge is 2.24. The van der Waals surface area contributed by atoms with Gasteiger partial charge in [0.25, 0.3) is 0 Å². The number of ether oxygens (including phenoxy) is 1. The fourth-order valence-corrected chi connectivity index (χ4v) is 2.28. The van der Waals surface area contributed by atoms with Crippen molar-refractivity contribution in [3.63, 3.8) is 0 Å². The summed E-state index contributed by atoms with van der Waals surface area (Å²) in [7, 11) is 0. The van der Waals surface area contributed by atoms with E-state index in [0.29, 0.717) is 6.54 Å². The van der Waals surface area contributed by atoms with E-state index in [1.807, 2.05) is 25.1 Å². The lowest BCUT2D eigenvalue weighted by Gasteiger charge is -2.23. The molecule has 0 saturated heterocycles. The highest BCUT2D eigenvalue weighted by atomic mass is 16.5. The Labute approximate surface area is 107 Å². The number of nitrogens with zero attached hydrogens (tertiary/aromatic N) is 1. The summed E-state index contributed by atoms with van der Waals surface area (Å²) in [6, 6.07) is 8.07. The minimum absolute atomic E-state index is 0.149. The van der Waals surface area contributed by atoms with Crippen LogP contribution in [0.25, 0.3) is 0 Å². The summed E-state index contributed by atoms with van der Waals surface area (Å²) in [5.74, 6) is 0.223. The zero-order chi connectivity index (χ0) is 13.0. The van der Waals surface area contributed by atoms with Crippen molar-refractivity contribution < 1.29 is 14.6 Å². The van der Waals surface area contributed by atoms with Crippen molar-refractivity contribution in [3.05, 3.63) is 29.8 Å². The van der Waals surface area contributed by atoms with Crippen LogP contribution in [-0.2, 0) is 11.2 Å². The summed E-state index contributed by atoms with van der Waals surface area (Å²) in [5.41, 5.74) is 1.25. The lowest BCUT2D eigenvalue weighted by atomic mass is 10.1. The van der Waals surface area contributed by atoms with E-state index in [1.165, 1.54) is 5.56 Å². The van der Waals surface area contributed by atoms with E-state index in [2.05, 4.69) is 11.0 Å². The van der Waals surface area contributed by atoms with E-state index < -0.39 is 5.97 Å². The Morgan fingerprint density at radius 2 is 2.28 bits per heavy atom. The second-order valence-corrected chi connectivity index (χ2v) is 4.59. The molecule has 18 heavy (non-hydrogen) atoms. The van der Waals surface area contributed by atoms with Crippen LogP contribution in [0.5, 0.6) is 5.75 Å². The van der Waals surface area contributed by atoms with E-state index >= 15 is 0 Å². The second kappa shape index (κ2) is 5.87. The van der Waals surface area contributed by atoms with Crippen LogP contribution in [0.15, 0.2) is 24.3 Å². The van der Waals surface area contributed by atoms with Crippen molar-refractivity contribution in [2.75, 3.05) is 19.6 Å². The number of fused-ring (bicyclic) bond motifs is 1. The molecule has 0 saturated carbocycles. The van der Waals surface area contributed by atoms with Crippen LogP contribution in [-0.4, -0.2) is 41.7 Å². The van der Waals surface area contributed by atoms with E-state index in [4.69, 9.17) is 9.84 Å². The quantitative estimate of drug-likeness (QED) is 0.835. The molecule has 1 aromatic rings. The third kappa shape index (κ3) is 3.23. The van der Waals surface area contributed by atoms with Crippen molar-refractivity contribution in [1.29, 1.82) is 0 Å². The van der Waals surface area contributed by atoms with Crippen LogP contribution in [0, 0.1) is 0 Å². The van der Waals surface area contributed by atoms with Crippen molar-refractivity contribution in [3.8, 4) is 5.75 Å². The van der Waals surface area contributed by atoms with Gasteiger partial charge in [-0.2, -0.15) is 0 Å². The van der Waals surface area contributed by atoms with E-state index in [9.17, 15) is 4.79 Å². The second-order valence-electron chi connectivity index (χ2n) is 4.59. The lowest BCUT2D eigenvalue weighted by Crippen LogP contribution is -2.36. The van der Waals surface area contributed by atoms with Crippen LogP contribution >= 0.6 is 0 Å². The standard InChI is InChI=1S/C14H19NO3/c1-2-15(8-7-14(16)17)10-12-9-11-5-3-4-6-13(11)18-12/h3-6,12H,2,7-10H2,1H3,(H,16,17). The van der Waals surface area contributed by atoms with Gasteiger partial charge in [0.15, 0.2) is 0 Å². The molecule has 0 radical (unpaired) electrons. The van der Waals surface area contributed by atoms with Crippen molar-refractivity contribution in [1.82, 2.24) is 4.90 Å². The van der Waals surface area contributed by atoms with Crippen LogP contribution in [0.1, 0.15) is 18.9 Å². The van der Waals surface area contributed by atoms with Gasteiger partial charge in [-0.25, -0.2) is 0 Å². The van der Waals surface area contributed by atoms with Gasteiger partial charge in [0, 0.05) is 19.5 Å². The molecule has 0 spiro atoms. The maximum absolute atomic E-state index is 10.6. The average Bonchev–Trinajstić information content (AvgIpc) is 2.76. The number of aliphatic carboxylic acids is 1. The number of benzene rings is 1. The van der Waals surface area contributed by atoms with Gasteiger partial charge in [-0.05, 0) is 18.2 Å². The largest absolute Gasteiger partial charge is 0.488 e. The number of carbonyl (C=O) groups is 1. The molecule has 1 heterocycles. The highest BCUT2D eigenvalue weighted by Crippen LogP contribution is 2.28. The van der Waals surface area contributed by atoms with Gasteiger partial charge >= 0.3 is 5.97 Å². The molecule has 1 unspecified atom stereocenters. The summed E-state index contributed by atoms with van der Waals surface area (Å²) in [6.45, 7) is 4.27. The Kier molecular flexibility index (Phi) is 4.20. The van der Waals surface area contributed by atoms with Crippen LogP contribution in [0.2, 0.25) is 0 Å². The van der Waals surface area contributed by atoms with Gasteiger partial charge in [0.1, 0.15) is 11.9 Å². The third-order valence-corrected chi connectivity index (χ3v) is 3.26. The first-order chi connectivity index (χ1) is 8.69. The molecule has 0 bridgehead atoms. The van der Waals surface area contributed by atoms with Crippen LogP contribution in [0.4, 0.5) is 0 Å². The number of carboxylic acid groups (broad SMARTS) is 1. The minimum atomic E-state index is -0.746. The van der Waals surface area contributed by atoms with Gasteiger partial charge in [0.2, 0.25) is 0 Å². The maximum atomic E-state index is 10.6. The summed E-state index contributed by atoms with van der Waals surface area (Å²) in [4.78, 5) is 12.7. The molecule has 0 aromatic heterocycles. The Hall–Kier alpha value is -1.55. The monoisotopic (exact) mass is 249 g/mol. The fourth-order valence-electron chi connectivity index (χ4n) is 2.28. The van der Waals surface area contributed by atoms with Gasteiger partial charge in [-0.3, -0.25) is 9.69 Å². The van der Waals surface area contributed by atoms with E-state index in [1.54, 1.807) is 0 Å². The number of para-hydroxylation sites is 1. The summed E-state index contributed by atoms with van der Waals surface area (Å²) in [5, 5.41) is 8.70. The zero-order valence-electron chi connectivity index (χ0n) is 10.6. The topological polar surface area (TPSA) is 49.8 Å². The first-order valence-corrected chi connectivity index (χ1v) is 6.37. The summed E-state index contributed by atoms with van der Waals surface area (Å²) < 4.78 is 5.86. The Morgan fingerprint density at radius 3 is 2.94 bits per heavy atom. The smallest absolute Gasteiger partial charge is 0.304 e. The number of likely N-dealkylation sites (N-methyl/N-ethyl adjacent to an activating group) is 1. The van der Waals surface area contributed by atoms with Crippen molar-refractivity contribution in [2.24, 2.45) is 0 Å². The summed E-state index contributed by atoms with van der Waals surface area (Å²) in [6.07, 6.45) is 1.25. The minimum Gasteiger partial charge on any atom is -0.488 e. The Morgan fingerprint density at radius 1 is 1.50 bits per heavy atom. The molecule has 0 aliphatic carbocycles. The molecular formula is C14H19NO3. The predicted molar refractivity (Wildman–Crippen MR) is 68.9 cm³/mol. The molecule has 4 nitrogen and oxygen atoms in total. The molecule has 0 amide bonds. The number of rotatable bonds is 6.